The highest BCUT2D eigenvalue weighted by Gasteiger charge is 2.19. The van der Waals surface area contributed by atoms with Crippen molar-refractivity contribution in [1.29, 1.82) is 0 Å². The first-order chi connectivity index (χ1) is 9.25. The van der Waals surface area contributed by atoms with E-state index in [1.165, 1.54) is 32.1 Å². The van der Waals surface area contributed by atoms with E-state index in [1.807, 2.05) is 4.90 Å². The average molecular weight is 267 g/mol. The topological polar surface area (TPSA) is 61.4 Å². The molecule has 1 saturated carbocycles. The zero-order valence-electron chi connectivity index (χ0n) is 11.6. The van der Waals surface area contributed by atoms with Crippen LogP contribution in [0, 0.1) is 5.92 Å². The quantitative estimate of drug-likeness (QED) is 0.780. The number of amides is 2. The van der Waals surface area contributed by atoms with E-state index >= 15 is 0 Å². The fraction of sp³-hybridized carbons (Fsp3) is 0.857. The number of hydrogen-bond donors (Lipinski definition) is 2. The van der Waals surface area contributed by atoms with Gasteiger partial charge in [-0.25, -0.2) is 0 Å². The fourth-order valence-corrected chi connectivity index (χ4v) is 2.93. The lowest BCUT2D eigenvalue weighted by molar-refractivity contribution is -0.133. The Hall–Kier alpha value is -1.10. The third-order valence-electron chi connectivity index (χ3n) is 4.11. The van der Waals surface area contributed by atoms with Gasteiger partial charge in [0.25, 0.3) is 0 Å². The summed E-state index contributed by atoms with van der Waals surface area (Å²) in [7, 11) is 0. The summed E-state index contributed by atoms with van der Waals surface area (Å²) in [5.41, 5.74) is 0. The number of hydrogen-bond acceptors (Lipinski definition) is 3. The molecule has 0 aromatic heterocycles. The second kappa shape index (κ2) is 7.48. The lowest BCUT2D eigenvalue weighted by Gasteiger charge is -2.27. The minimum Gasteiger partial charge on any atom is -0.347 e. The van der Waals surface area contributed by atoms with Crippen LogP contribution in [0.5, 0.6) is 0 Å². The summed E-state index contributed by atoms with van der Waals surface area (Å²) in [6, 6.07) is 0. The van der Waals surface area contributed by atoms with Crippen LogP contribution in [-0.2, 0) is 9.59 Å². The molecule has 1 saturated heterocycles. The third-order valence-corrected chi connectivity index (χ3v) is 4.11. The van der Waals surface area contributed by atoms with E-state index in [1.54, 1.807) is 0 Å². The van der Waals surface area contributed by atoms with E-state index in [0.717, 1.165) is 26.2 Å². The minimum atomic E-state index is 0.0374. The molecule has 2 amide bonds. The Bertz CT molecular complexity index is 308. The van der Waals surface area contributed by atoms with Crippen molar-refractivity contribution in [1.82, 2.24) is 15.5 Å². The molecule has 1 aliphatic carbocycles. The minimum absolute atomic E-state index is 0.0374. The third kappa shape index (κ3) is 4.82. The van der Waals surface area contributed by atoms with Crippen LogP contribution in [0.1, 0.15) is 38.5 Å². The molecular formula is C14H25N3O2. The molecule has 108 valence electrons. The van der Waals surface area contributed by atoms with Gasteiger partial charge in [-0.2, -0.15) is 0 Å². The van der Waals surface area contributed by atoms with Crippen LogP contribution < -0.4 is 10.6 Å². The van der Waals surface area contributed by atoms with Gasteiger partial charge in [0.15, 0.2) is 0 Å². The molecule has 19 heavy (non-hydrogen) atoms. The predicted octanol–water partition coefficient (Wildman–Crippen LogP) is 0.505. The van der Waals surface area contributed by atoms with Crippen LogP contribution in [0.15, 0.2) is 0 Å². The monoisotopic (exact) mass is 267 g/mol. The second-order valence-electron chi connectivity index (χ2n) is 5.62. The smallest absolute Gasteiger partial charge is 0.242 e. The highest BCUT2D eigenvalue weighted by atomic mass is 16.2. The Balaban J connectivity index is 1.63. The Labute approximate surface area is 115 Å². The Kier molecular flexibility index (Phi) is 5.63. The lowest BCUT2D eigenvalue weighted by Crippen LogP contribution is -2.49. The molecule has 0 spiro atoms. The van der Waals surface area contributed by atoms with Gasteiger partial charge in [0.05, 0.1) is 6.54 Å². The van der Waals surface area contributed by atoms with Gasteiger partial charge in [0, 0.05) is 32.6 Å². The Morgan fingerprint density at radius 1 is 1.11 bits per heavy atom. The SMILES string of the molecule is O=C(CC1CCCCC1)NCC(=O)N1CCNCC1. The second-order valence-corrected chi connectivity index (χ2v) is 5.62. The first-order valence-corrected chi connectivity index (χ1v) is 7.51. The standard InChI is InChI=1S/C14H25N3O2/c18-13(10-12-4-2-1-3-5-12)16-11-14(19)17-8-6-15-7-9-17/h12,15H,1-11H2,(H,16,18). The highest BCUT2D eigenvalue weighted by Crippen LogP contribution is 2.25. The molecule has 0 bridgehead atoms. The summed E-state index contributed by atoms with van der Waals surface area (Å²) in [6.07, 6.45) is 6.72. The molecule has 2 N–H and O–H groups in total. The average Bonchev–Trinajstić information content (AvgIpc) is 2.47. The van der Waals surface area contributed by atoms with Crippen LogP contribution in [0.3, 0.4) is 0 Å². The maximum Gasteiger partial charge on any atom is 0.242 e. The maximum atomic E-state index is 11.9. The Morgan fingerprint density at radius 2 is 1.79 bits per heavy atom. The molecule has 0 radical (unpaired) electrons. The van der Waals surface area contributed by atoms with Gasteiger partial charge in [0.1, 0.15) is 0 Å². The van der Waals surface area contributed by atoms with E-state index in [-0.39, 0.29) is 18.4 Å². The molecular weight excluding hydrogens is 242 g/mol. The lowest BCUT2D eigenvalue weighted by atomic mass is 9.87. The molecule has 5 nitrogen and oxygen atoms in total. The number of carbonyl (C=O) groups excluding carboxylic acids is 2. The first kappa shape index (κ1) is 14.3. The molecule has 0 atom stereocenters. The largest absolute Gasteiger partial charge is 0.347 e. The van der Waals surface area contributed by atoms with Gasteiger partial charge >= 0.3 is 0 Å². The van der Waals surface area contributed by atoms with Gasteiger partial charge in [-0.3, -0.25) is 9.59 Å². The van der Waals surface area contributed by atoms with E-state index in [4.69, 9.17) is 0 Å². The van der Waals surface area contributed by atoms with E-state index in [0.29, 0.717) is 12.3 Å². The van der Waals surface area contributed by atoms with Crippen LogP contribution in [0.2, 0.25) is 0 Å². The summed E-state index contributed by atoms with van der Waals surface area (Å²) in [6.45, 7) is 3.35. The van der Waals surface area contributed by atoms with Crippen molar-refractivity contribution in [3.63, 3.8) is 0 Å². The van der Waals surface area contributed by atoms with Crippen molar-refractivity contribution in [2.24, 2.45) is 5.92 Å². The van der Waals surface area contributed by atoms with Gasteiger partial charge in [-0.15, -0.1) is 0 Å². The van der Waals surface area contributed by atoms with Crippen molar-refractivity contribution >= 4 is 11.8 Å². The molecule has 0 aromatic carbocycles. The van der Waals surface area contributed by atoms with E-state index < -0.39 is 0 Å². The first-order valence-electron chi connectivity index (χ1n) is 7.51. The molecule has 2 fully saturated rings. The van der Waals surface area contributed by atoms with Crippen LogP contribution in [0.25, 0.3) is 0 Å². The number of carbonyl (C=O) groups is 2. The van der Waals surface area contributed by atoms with Crippen molar-refractivity contribution in [2.45, 2.75) is 38.5 Å². The van der Waals surface area contributed by atoms with Crippen LogP contribution in [0.4, 0.5) is 0 Å². The van der Waals surface area contributed by atoms with E-state index in [2.05, 4.69) is 10.6 Å². The summed E-state index contributed by atoms with van der Waals surface area (Å²) in [5, 5.41) is 5.98. The van der Waals surface area contributed by atoms with Crippen molar-refractivity contribution in [3.8, 4) is 0 Å². The summed E-state index contributed by atoms with van der Waals surface area (Å²) >= 11 is 0. The summed E-state index contributed by atoms with van der Waals surface area (Å²) < 4.78 is 0. The molecule has 1 heterocycles. The van der Waals surface area contributed by atoms with Gasteiger partial charge in [-0.05, 0) is 18.8 Å². The van der Waals surface area contributed by atoms with Gasteiger partial charge in [0.2, 0.25) is 11.8 Å². The summed E-state index contributed by atoms with van der Waals surface area (Å²) in [5.74, 6) is 0.608. The molecule has 2 aliphatic rings. The molecule has 1 aliphatic heterocycles. The molecule has 5 heteroatoms. The molecule has 2 rings (SSSR count). The molecule has 0 aromatic rings. The van der Waals surface area contributed by atoms with E-state index in [9.17, 15) is 9.59 Å². The highest BCUT2D eigenvalue weighted by molar-refractivity contribution is 5.84. The van der Waals surface area contributed by atoms with Crippen molar-refractivity contribution < 1.29 is 9.59 Å². The Morgan fingerprint density at radius 3 is 2.47 bits per heavy atom. The van der Waals surface area contributed by atoms with Gasteiger partial charge < -0.3 is 15.5 Å². The van der Waals surface area contributed by atoms with Crippen LogP contribution in [-0.4, -0.2) is 49.4 Å². The molecule has 0 unspecified atom stereocenters. The number of rotatable bonds is 4. The van der Waals surface area contributed by atoms with Crippen molar-refractivity contribution in [3.05, 3.63) is 0 Å². The number of nitrogens with zero attached hydrogens (tertiary/aromatic N) is 1. The zero-order valence-corrected chi connectivity index (χ0v) is 11.6. The predicted molar refractivity (Wildman–Crippen MR) is 73.7 cm³/mol. The number of nitrogens with one attached hydrogen (secondary N) is 2. The van der Waals surface area contributed by atoms with Crippen molar-refractivity contribution in [2.75, 3.05) is 32.7 Å². The van der Waals surface area contributed by atoms with Gasteiger partial charge in [-0.1, -0.05) is 19.3 Å². The fourth-order valence-electron chi connectivity index (χ4n) is 2.93. The zero-order chi connectivity index (χ0) is 13.5. The number of piperazine rings is 1. The van der Waals surface area contributed by atoms with Crippen LogP contribution >= 0.6 is 0 Å². The summed E-state index contributed by atoms with van der Waals surface area (Å²) in [4.78, 5) is 25.5. The maximum absolute atomic E-state index is 11.9. The normalized spacial score (nSPS) is 21.2.